The molecule has 0 bridgehead atoms. The van der Waals surface area contributed by atoms with Gasteiger partial charge in [-0.15, -0.1) is 0 Å². The van der Waals surface area contributed by atoms with Crippen LogP contribution < -0.4 is 0 Å². The van der Waals surface area contributed by atoms with Gasteiger partial charge >= 0.3 is 12.0 Å². The van der Waals surface area contributed by atoms with E-state index in [1.54, 1.807) is 18.9 Å². The number of hydrogen-bond acceptors (Lipinski definition) is 2. The molecule has 0 aromatic carbocycles. The number of carboxylic acid groups (broad SMARTS) is 1. The van der Waals surface area contributed by atoms with Crippen molar-refractivity contribution < 1.29 is 14.7 Å². The molecule has 0 rings (SSSR count). The fourth-order valence-corrected chi connectivity index (χ4v) is 1.16. The van der Waals surface area contributed by atoms with Gasteiger partial charge in [0, 0.05) is 19.6 Å². The molecule has 88 valence electrons. The van der Waals surface area contributed by atoms with E-state index < -0.39 is 5.97 Å². The second-order valence-electron chi connectivity index (χ2n) is 3.56. The van der Waals surface area contributed by atoms with Crippen molar-refractivity contribution in [2.45, 2.75) is 33.2 Å². The van der Waals surface area contributed by atoms with Crippen LogP contribution in [0.3, 0.4) is 0 Å². The number of nitrogens with zero attached hydrogens (tertiary/aromatic N) is 2. The third kappa shape index (κ3) is 4.18. The highest BCUT2D eigenvalue weighted by atomic mass is 16.4. The fourth-order valence-electron chi connectivity index (χ4n) is 1.16. The van der Waals surface area contributed by atoms with Gasteiger partial charge in [-0.05, 0) is 20.3 Å². The van der Waals surface area contributed by atoms with E-state index in [9.17, 15) is 9.59 Å². The Balaban J connectivity index is 4.43. The smallest absolute Gasteiger partial charge is 0.323 e. The van der Waals surface area contributed by atoms with Crippen LogP contribution >= 0.6 is 0 Å². The maximum atomic E-state index is 11.8. The number of carbonyl (C=O) groups is 2. The molecule has 0 heterocycles. The Hall–Kier alpha value is -1.26. The Bertz CT molecular complexity index is 231. The molecule has 5 heteroatoms. The number of likely N-dealkylation sites (N-methyl/N-ethyl adjacent to an activating group) is 1. The first kappa shape index (κ1) is 13.7. The normalized spacial score (nSPS) is 12.0. The van der Waals surface area contributed by atoms with Gasteiger partial charge in [0.15, 0.2) is 0 Å². The molecule has 0 aromatic rings. The highest BCUT2D eigenvalue weighted by Crippen LogP contribution is 2.04. The molecule has 0 aliphatic rings. The summed E-state index contributed by atoms with van der Waals surface area (Å²) in [5, 5.41) is 8.63. The molecule has 15 heavy (non-hydrogen) atoms. The lowest BCUT2D eigenvalue weighted by atomic mass is 10.2. The van der Waals surface area contributed by atoms with Crippen LogP contribution in [-0.2, 0) is 4.79 Å². The standard InChI is InChI=1S/C10H20N2O3/c1-5-8(3)11(4)10(15)12(6-2)7-9(13)14/h8H,5-7H2,1-4H3,(H,13,14). The predicted molar refractivity (Wildman–Crippen MR) is 57.8 cm³/mol. The monoisotopic (exact) mass is 216 g/mol. The van der Waals surface area contributed by atoms with E-state index in [2.05, 4.69) is 0 Å². The first-order valence-corrected chi connectivity index (χ1v) is 5.17. The molecule has 0 aliphatic heterocycles. The summed E-state index contributed by atoms with van der Waals surface area (Å²) < 4.78 is 0. The molecule has 0 aliphatic carbocycles. The molecule has 1 N–H and O–H groups in total. The number of aliphatic carboxylic acids is 1. The summed E-state index contributed by atoms with van der Waals surface area (Å²) in [6.45, 7) is 5.86. The molecular weight excluding hydrogens is 196 g/mol. The van der Waals surface area contributed by atoms with Crippen LogP contribution in [0.15, 0.2) is 0 Å². The van der Waals surface area contributed by atoms with Crippen molar-refractivity contribution in [2.75, 3.05) is 20.1 Å². The van der Waals surface area contributed by atoms with Crippen LogP contribution in [0.1, 0.15) is 27.2 Å². The number of rotatable bonds is 5. The lowest BCUT2D eigenvalue weighted by Gasteiger charge is -2.29. The van der Waals surface area contributed by atoms with Gasteiger partial charge in [0.2, 0.25) is 0 Å². The zero-order valence-electron chi connectivity index (χ0n) is 9.86. The average molecular weight is 216 g/mol. The first-order chi connectivity index (χ1) is 6.93. The molecule has 1 atom stereocenters. The van der Waals surface area contributed by atoms with Gasteiger partial charge in [0.25, 0.3) is 0 Å². The zero-order valence-corrected chi connectivity index (χ0v) is 9.86. The topological polar surface area (TPSA) is 60.9 Å². The minimum absolute atomic E-state index is 0.125. The number of carboxylic acids is 1. The molecule has 2 amide bonds. The Labute approximate surface area is 90.7 Å². The van der Waals surface area contributed by atoms with E-state index in [-0.39, 0.29) is 18.6 Å². The summed E-state index contributed by atoms with van der Waals surface area (Å²) in [7, 11) is 1.70. The second-order valence-corrected chi connectivity index (χ2v) is 3.56. The van der Waals surface area contributed by atoms with Gasteiger partial charge < -0.3 is 14.9 Å². The SMILES string of the molecule is CCC(C)N(C)C(=O)N(CC)CC(=O)O. The maximum Gasteiger partial charge on any atom is 0.323 e. The highest BCUT2D eigenvalue weighted by Gasteiger charge is 2.21. The van der Waals surface area contributed by atoms with E-state index in [0.29, 0.717) is 6.54 Å². The highest BCUT2D eigenvalue weighted by molar-refractivity contribution is 5.80. The Morgan fingerprint density at radius 2 is 1.87 bits per heavy atom. The molecule has 0 fully saturated rings. The van der Waals surface area contributed by atoms with Crippen LogP contribution in [0.25, 0.3) is 0 Å². The molecule has 0 radical (unpaired) electrons. The van der Waals surface area contributed by atoms with Gasteiger partial charge in [-0.25, -0.2) is 4.79 Å². The van der Waals surface area contributed by atoms with Crippen molar-refractivity contribution in [1.82, 2.24) is 9.80 Å². The minimum Gasteiger partial charge on any atom is -0.480 e. The quantitative estimate of drug-likeness (QED) is 0.752. The number of hydrogen-bond donors (Lipinski definition) is 1. The van der Waals surface area contributed by atoms with Gasteiger partial charge in [-0.1, -0.05) is 6.92 Å². The summed E-state index contributed by atoms with van der Waals surface area (Å²) >= 11 is 0. The Morgan fingerprint density at radius 3 is 2.20 bits per heavy atom. The van der Waals surface area contributed by atoms with E-state index in [1.165, 1.54) is 4.90 Å². The summed E-state index contributed by atoms with van der Waals surface area (Å²) in [6, 6.07) is -0.102. The van der Waals surface area contributed by atoms with Crippen LogP contribution in [0.2, 0.25) is 0 Å². The Morgan fingerprint density at radius 1 is 1.33 bits per heavy atom. The molecule has 1 unspecified atom stereocenters. The van der Waals surface area contributed by atoms with Crippen molar-refractivity contribution in [3.63, 3.8) is 0 Å². The molecule has 0 spiro atoms. The molecule has 0 saturated heterocycles. The second kappa shape index (κ2) is 6.27. The van der Waals surface area contributed by atoms with Crippen molar-refractivity contribution in [3.05, 3.63) is 0 Å². The van der Waals surface area contributed by atoms with Crippen molar-refractivity contribution in [2.24, 2.45) is 0 Å². The summed E-state index contributed by atoms with van der Waals surface area (Å²) in [5.41, 5.74) is 0. The fraction of sp³-hybridized carbons (Fsp3) is 0.800. The molecule has 0 aromatic heterocycles. The van der Waals surface area contributed by atoms with E-state index >= 15 is 0 Å². The lowest BCUT2D eigenvalue weighted by Crippen LogP contribution is -2.46. The number of urea groups is 1. The average Bonchev–Trinajstić information content (AvgIpc) is 2.22. The Kier molecular flexibility index (Phi) is 5.74. The lowest BCUT2D eigenvalue weighted by molar-refractivity contribution is -0.137. The summed E-state index contributed by atoms with van der Waals surface area (Å²) in [6.07, 6.45) is 0.854. The van der Waals surface area contributed by atoms with Gasteiger partial charge in [-0.3, -0.25) is 4.79 Å². The number of carbonyl (C=O) groups excluding carboxylic acids is 1. The molecule has 5 nitrogen and oxygen atoms in total. The van der Waals surface area contributed by atoms with Crippen LogP contribution in [0, 0.1) is 0 Å². The van der Waals surface area contributed by atoms with Gasteiger partial charge in [0.1, 0.15) is 6.54 Å². The summed E-state index contributed by atoms with van der Waals surface area (Å²) in [4.78, 5) is 25.2. The van der Waals surface area contributed by atoms with Gasteiger partial charge in [-0.2, -0.15) is 0 Å². The van der Waals surface area contributed by atoms with E-state index in [0.717, 1.165) is 6.42 Å². The predicted octanol–water partition coefficient (Wildman–Crippen LogP) is 1.24. The summed E-state index contributed by atoms with van der Waals surface area (Å²) in [5.74, 6) is -0.984. The van der Waals surface area contributed by atoms with Crippen molar-refractivity contribution >= 4 is 12.0 Å². The third-order valence-electron chi connectivity index (χ3n) is 2.53. The van der Waals surface area contributed by atoms with Gasteiger partial charge in [0.05, 0.1) is 0 Å². The third-order valence-corrected chi connectivity index (χ3v) is 2.53. The van der Waals surface area contributed by atoms with E-state index in [4.69, 9.17) is 5.11 Å². The molecular formula is C10H20N2O3. The van der Waals surface area contributed by atoms with Crippen LogP contribution in [0.5, 0.6) is 0 Å². The van der Waals surface area contributed by atoms with Crippen molar-refractivity contribution in [3.8, 4) is 0 Å². The maximum absolute atomic E-state index is 11.8. The minimum atomic E-state index is -0.984. The van der Waals surface area contributed by atoms with Crippen molar-refractivity contribution in [1.29, 1.82) is 0 Å². The molecule has 0 saturated carbocycles. The van der Waals surface area contributed by atoms with Crippen LogP contribution in [-0.4, -0.2) is 53.1 Å². The van der Waals surface area contributed by atoms with E-state index in [1.807, 2.05) is 13.8 Å². The zero-order chi connectivity index (χ0) is 12.0. The van der Waals surface area contributed by atoms with Crippen LogP contribution in [0.4, 0.5) is 4.79 Å². The largest absolute Gasteiger partial charge is 0.480 e. The number of amides is 2. The first-order valence-electron chi connectivity index (χ1n) is 5.17.